The Labute approximate surface area is 220 Å². The van der Waals surface area contributed by atoms with Crippen LogP contribution in [-0.2, 0) is 10.2 Å². The van der Waals surface area contributed by atoms with Crippen LogP contribution in [0.25, 0.3) is 0 Å². The van der Waals surface area contributed by atoms with Gasteiger partial charge in [0.2, 0.25) is 5.88 Å². The highest BCUT2D eigenvalue weighted by Crippen LogP contribution is 2.35. The summed E-state index contributed by atoms with van der Waals surface area (Å²) < 4.78 is 17.7. The van der Waals surface area contributed by atoms with E-state index in [0.29, 0.717) is 16.4 Å². The third kappa shape index (κ3) is 6.75. The zero-order valence-electron chi connectivity index (χ0n) is 21.2. The summed E-state index contributed by atoms with van der Waals surface area (Å²) in [7, 11) is 0. The zero-order chi connectivity index (χ0) is 25.9. The molecule has 0 atom stereocenters. The maximum atomic E-state index is 11.9. The summed E-state index contributed by atoms with van der Waals surface area (Å²) in [6.45, 7) is 9.95. The molecule has 1 aliphatic rings. The van der Waals surface area contributed by atoms with Crippen LogP contribution in [0.2, 0.25) is 0 Å². The number of amides is 1. The van der Waals surface area contributed by atoms with Crippen molar-refractivity contribution in [1.82, 2.24) is 15.3 Å². The van der Waals surface area contributed by atoms with Gasteiger partial charge in [0, 0.05) is 36.6 Å². The Morgan fingerprint density at radius 3 is 2.06 bits per heavy atom. The maximum absolute atomic E-state index is 11.9. The number of nitrogens with one attached hydrogen (secondary N) is 1. The van der Waals surface area contributed by atoms with Crippen molar-refractivity contribution in [3.63, 3.8) is 0 Å². The highest BCUT2D eigenvalue weighted by Gasteiger charge is 2.33. The first-order chi connectivity index (χ1) is 17.0. The Balaban J connectivity index is 1.30. The molecule has 1 N–H and O–H groups in total. The number of alkyl carbamates (subject to hydrolysis) is 1. The SMILES string of the molecule is CC(C)(C)OC(=O)N[C@H]1C[C@H](Oc2ccc(C(C)(C)c3ccc(Oc4ccnc(Br)n4)cc3)cc2)C1. The number of carbonyl (C=O) groups is 1. The molecule has 0 spiro atoms. The van der Waals surface area contributed by atoms with Gasteiger partial charge in [-0.1, -0.05) is 38.1 Å². The molecule has 1 fully saturated rings. The van der Waals surface area contributed by atoms with E-state index < -0.39 is 5.60 Å². The fraction of sp³-hybridized carbons (Fsp3) is 0.393. The molecule has 1 saturated carbocycles. The normalized spacial score (nSPS) is 17.6. The summed E-state index contributed by atoms with van der Waals surface area (Å²) in [6, 6.07) is 18.1. The van der Waals surface area contributed by atoms with Crippen molar-refractivity contribution in [2.75, 3.05) is 0 Å². The van der Waals surface area contributed by atoms with E-state index in [1.54, 1.807) is 12.3 Å². The van der Waals surface area contributed by atoms with Gasteiger partial charge in [-0.25, -0.2) is 9.78 Å². The van der Waals surface area contributed by atoms with Crippen LogP contribution in [0.1, 0.15) is 58.6 Å². The molecule has 0 saturated heterocycles. The van der Waals surface area contributed by atoms with Gasteiger partial charge in [-0.05, 0) is 72.1 Å². The van der Waals surface area contributed by atoms with Crippen LogP contribution in [0.4, 0.5) is 4.79 Å². The van der Waals surface area contributed by atoms with Crippen molar-refractivity contribution >= 4 is 22.0 Å². The molecule has 0 unspecified atom stereocenters. The molecular formula is C28H32BrN3O4. The lowest BCUT2D eigenvalue weighted by Crippen LogP contribution is -2.50. The number of halogens is 1. The predicted octanol–water partition coefficient (Wildman–Crippen LogP) is 6.79. The maximum Gasteiger partial charge on any atom is 0.407 e. The van der Waals surface area contributed by atoms with Crippen LogP contribution in [0.15, 0.2) is 65.5 Å². The molecule has 1 heterocycles. The summed E-state index contributed by atoms with van der Waals surface area (Å²) in [5.74, 6) is 2.02. The molecule has 8 heteroatoms. The second kappa shape index (κ2) is 10.5. The summed E-state index contributed by atoms with van der Waals surface area (Å²) in [5, 5.41) is 2.90. The summed E-state index contributed by atoms with van der Waals surface area (Å²) in [4.78, 5) is 20.1. The van der Waals surface area contributed by atoms with Crippen molar-refractivity contribution in [2.24, 2.45) is 0 Å². The second-order valence-corrected chi connectivity index (χ2v) is 11.2. The van der Waals surface area contributed by atoms with Gasteiger partial charge >= 0.3 is 6.09 Å². The lowest BCUT2D eigenvalue weighted by molar-refractivity contribution is 0.0363. The molecule has 1 aromatic heterocycles. The summed E-state index contributed by atoms with van der Waals surface area (Å²) in [5.41, 5.74) is 1.65. The van der Waals surface area contributed by atoms with E-state index in [-0.39, 0.29) is 23.7 Å². The average molecular weight is 554 g/mol. The minimum atomic E-state index is -0.496. The highest BCUT2D eigenvalue weighted by atomic mass is 79.9. The van der Waals surface area contributed by atoms with E-state index in [4.69, 9.17) is 14.2 Å². The number of carbonyl (C=O) groups excluding carboxylic acids is 1. The first-order valence-corrected chi connectivity index (χ1v) is 12.8. The first-order valence-electron chi connectivity index (χ1n) is 12.0. The molecular weight excluding hydrogens is 522 g/mol. The Morgan fingerprint density at radius 1 is 0.917 bits per heavy atom. The third-order valence-electron chi connectivity index (χ3n) is 6.09. The Morgan fingerprint density at radius 2 is 1.50 bits per heavy atom. The standard InChI is InChI=1S/C28H32BrN3O4/c1-27(2,3)36-26(33)31-20-16-23(17-20)34-21-10-6-18(7-11-21)28(4,5)19-8-12-22(13-9-19)35-24-14-15-30-25(29)32-24/h6-15,20,23H,16-17H2,1-5H3,(H,31,33)/t20-,23-. The van der Waals surface area contributed by atoms with E-state index in [1.807, 2.05) is 45.0 Å². The summed E-state index contributed by atoms with van der Waals surface area (Å²) >= 11 is 3.25. The van der Waals surface area contributed by atoms with E-state index in [9.17, 15) is 4.79 Å². The quantitative estimate of drug-likeness (QED) is 0.324. The van der Waals surface area contributed by atoms with Crippen LogP contribution >= 0.6 is 15.9 Å². The van der Waals surface area contributed by atoms with Crippen molar-refractivity contribution in [3.8, 4) is 17.4 Å². The Hall–Kier alpha value is -3.13. The van der Waals surface area contributed by atoms with Gasteiger partial charge in [0.15, 0.2) is 4.73 Å². The minimum Gasteiger partial charge on any atom is -0.490 e. The van der Waals surface area contributed by atoms with Gasteiger partial charge in [0.1, 0.15) is 23.2 Å². The van der Waals surface area contributed by atoms with E-state index in [1.165, 1.54) is 11.1 Å². The van der Waals surface area contributed by atoms with Crippen LogP contribution in [0.3, 0.4) is 0 Å². The topological polar surface area (TPSA) is 82.6 Å². The number of hydrogen-bond acceptors (Lipinski definition) is 6. The summed E-state index contributed by atoms with van der Waals surface area (Å²) in [6.07, 6.45) is 2.90. The Bertz CT molecular complexity index is 1180. The Kier molecular flexibility index (Phi) is 7.54. The lowest BCUT2D eigenvalue weighted by Gasteiger charge is -2.36. The smallest absolute Gasteiger partial charge is 0.407 e. The van der Waals surface area contributed by atoms with Gasteiger partial charge in [-0.2, -0.15) is 4.98 Å². The monoisotopic (exact) mass is 553 g/mol. The molecule has 1 amide bonds. The van der Waals surface area contributed by atoms with Crippen molar-refractivity contribution in [2.45, 2.75) is 70.6 Å². The first kappa shape index (κ1) is 25.9. The minimum absolute atomic E-state index is 0.0888. The number of nitrogens with zero attached hydrogens (tertiary/aromatic N) is 2. The second-order valence-electron chi connectivity index (χ2n) is 10.5. The average Bonchev–Trinajstić information content (AvgIpc) is 2.77. The number of benzene rings is 2. The molecule has 36 heavy (non-hydrogen) atoms. The molecule has 7 nitrogen and oxygen atoms in total. The van der Waals surface area contributed by atoms with Crippen molar-refractivity contribution in [3.05, 3.63) is 76.7 Å². The third-order valence-corrected chi connectivity index (χ3v) is 6.48. The van der Waals surface area contributed by atoms with Gasteiger partial charge in [-0.3, -0.25) is 0 Å². The highest BCUT2D eigenvalue weighted by molar-refractivity contribution is 9.10. The molecule has 0 aliphatic heterocycles. The van der Waals surface area contributed by atoms with Crippen LogP contribution in [0.5, 0.6) is 17.4 Å². The number of rotatable bonds is 7. The molecule has 2 aromatic carbocycles. The largest absolute Gasteiger partial charge is 0.490 e. The van der Waals surface area contributed by atoms with Crippen molar-refractivity contribution in [1.29, 1.82) is 0 Å². The van der Waals surface area contributed by atoms with Crippen molar-refractivity contribution < 1.29 is 19.0 Å². The molecule has 190 valence electrons. The fourth-order valence-electron chi connectivity index (χ4n) is 4.00. The van der Waals surface area contributed by atoms with E-state index >= 15 is 0 Å². The predicted molar refractivity (Wildman–Crippen MR) is 142 cm³/mol. The van der Waals surface area contributed by atoms with Gasteiger partial charge in [-0.15, -0.1) is 0 Å². The van der Waals surface area contributed by atoms with Crippen LogP contribution < -0.4 is 14.8 Å². The molecule has 3 aromatic rings. The molecule has 1 aliphatic carbocycles. The molecule has 0 radical (unpaired) electrons. The fourth-order valence-corrected chi connectivity index (χ4v) is 4.29. The van der Waals surface area contributed by atoms with Crippen LogP contribution in [0, 0.1) is 0 Å². The number of ether oxygens (including phenoxy) is 3. The van der Waals surface area contributed by atoms with Gasteiger partial charge < -0.3 is 19.5 Å². The number of aromatic nitrogens is 2. The molecule has 0 bridgehead atoms. The van der Waals surface area contributed by atoms with Crippen LogP contribution in [-0.4, -0.2) is 33.8 Å². The van der Waals surface area contributed by atoms with E-state index in [2.05, 4.69) is 69.3 Å². The molecule has 4 rings (SSSR count). The van der Waals surface area contributed by atoms with Gasteiger partial charge in [0.25, 0.3) is 0 Å². The zero-order valence-corrected chi connectivity index (χ0v) is 22.8. The lowest BCUT2D eigenvalue weighted by atomic mass is 9.78. The van der Waals surface area contributed by atoms with E-state index in [0.717, 1.165) is 18.6 Å². The van der Waals surface area contributed by atoms with Gasteiger partial charge in [0.05, 0.1) is 0 Å². The number of hydrogen-bond donors (Lipinski definition) is 1.